The molecule has 0 fully saturated rings. The lowest BCUT2D eigenvalue weighted by Gasteiger charge is -2.19. The summed E-state index contributed by atoms with van der Waals surface area (Å²) in [6.45, 7) is 2.86. The Morgan fingerprint density at radius 2 is 1.86 bits per heavy atom. The van der Waals surface area contributed by atoms with E-state index in [0.717, 1.165) is 11.3 Å². The number of aromatic nitrogens is 7. The molecule has 0 radical (unpaired) electrons. The third-order valence-corrected chi connectivity index (χ3v) is 5.99. The lowest BCUT2D eigenvalue weighted by molar-refractivity contribution is -0.147. The van der Waals surface area contributed by atoms with E-state index >= 15 is 0 Å². The average molecular weight is 476 g/mol. The van der Waals surface area contributed by atoms with Gasteiger partial charge in [0.1, 0.15) is 5.69 Å². The summed E-state index contributed by atoms with van der Waals surface area (Å²) in [6, 6.07) is 11.1. The highest BCUT2D eigenvalue weighted by Gasteiger charge is 2.39. The molecule has 1 aliphatic rings. The van der Waals surface area contributed by atoms with Gasteiger partial charge in [-0.15, -0.1) is 0 Å². The third-order valence-electron chi connectivity index (χ3n) is 5.99. The van der Waals surface area contributed by atoms with Crippen LogP contribution in [0.2, 0.25) is 0 Å². The van der Waals surface area contributed by atoms with Gasteiger partial charge in [-0.05, 0) is 37.3 Å². The van der Waals surface area contributed by atoms with Crippen LogP contribution in [-0.2, 0) is 19.3 Å². The number of imidazole rings is 1. The summed E-state index contributed by atoms with van der Waals surface area (Å²) < 4.78 is 42.1. The minimum atomic E-state index is -4.54. The highest BCUT2D eigenvalue weighted by molar-refractivity contribution is 5.85. The van der Waals surface area contributed by atoms with Crippen molar-refractivity contribution in [1.82, 2.24) is 40.0 Å². The van der Waals surface area contributed by atoms with Gasteiger partial charge in [-0.1, -0.05) is 6.07 Å². The molecule has 0 aliphatic carbocycles. The first-order chi connectivity index (χ1) is 16.9. The van der Waals surface area contributed by atoms with Crippen molar-refractivity contribution < 1.29 is 13.2 Å². The Balaban J connectivity index is 1.46. The molecule has 0 amide bonds. The number of rotatable bonds is 3. The van der Waals surface area contributed by atoms with Crippen LogP contribution in [0.15, 0.2) is 48.8 Å². The van der Waals surface area contributed by atoms with Crippen molar-refractivity contribution in [2.45, 2.75) is 26.2 Å². The average Bonchev–Trinajstić information content (AvgIpc) is 3.49. The minimum Gasteiger partial charge on any atom is -0.321 e. The van der Waals surface area contributed by atoms with Crippen molar-refractivity contribution in [3.8, 4) is 33.9 Å². The zero-order chi connectivity index (χ0) is 24.2. The molecule has 5 aromatic heterocycles. The van der Waals surface area contributed by atoms with E-state index in [-0.39, 0.29) is 12.2 Å². The van der Waals surface area contributed by atoms with Crippen molar-refractivity contribution >= 4 is 11.0 Å². The molecule has 0 atom stereocenters. The molecule has 176 valence electrons. The number of pyridine rings is 3. The van der Waals surface area contributed by atoms with Crippen molar-refractivity contribution in [2.75, 3.05) is 6.54 Å². The molecule has 0 spiro atoms. The van der Waals surface area contributed by atoms with Crippen LogP contribution in [0.3, 0.4) is 0 Å². The number of H-pyrrole nitrogens is 1. The fourth-order valence-corrected chi connectivity index (χ4v) is 4.39. The Bertz CT molecular complexity index is 1570. The van der Waals surface area contributed by atoms with Gasteiger partial charge in [-0.3, -0.25) is 15.1 Å². The van der Waals surface area contributed by atoms with E-state index in [2.05, 4.69) is 30.5 Å². The quantitative estimate of drug-likeness (QED) is 0.401. The SMILES string of the molecule is Cc1cccc(-c2n[nH]cc2-c2ccc3ncc(-c4nc(C(F)(F)F)n5c4CNCC5)cc3n2)n1. The summed E-state index contributed by atoms with van der Waals surface area (Å²) in [5.41, 5.74) is 6.06. The highest BCUT2D eigenvalue weighted by Crippen LogP contribution is 2.35. The Morgan fingerprint density at radius 3 is 2.69 bits per heavy atom. The molecule has 0 saturated heterocycles. The molecule has 6 heterocycles. The van der Waals surface area contributed by atoms with Crippen LogP contribution in [0.1, 0.15) is 17.2 Å². The summed E-state index contributed by atoms with van der Waals surface area (Å²) >= 11 is 0. The summed E-state index contributed by atoms with van der Waals surface area (Å²) in [5, 5.41) is 10.4. The van der Waals surface area contributed by atoms with Gasteiger partial charge in [-0.2, -0.15) is 18.3 Å². The Kier molecular flexibility index (Phi) is 4.88. The normalized spacial score (nSPS) is 13.8. The number of nitrogens with zero attached hydrogens (tertiary/aromatic N) is 6. The Labute approximate surface area is 197 Å². The number of nitrogens with one attached hydrogen (secondary N) is 2. The van der Waals surface area contributed by atoms with E-state index in [1.807, 2.05) is 37.3 Å². The topological polar surface area (TPSA) is 97.2 Å². The fourth-order valence-electron chi connectivity index (χ4n) is 4.39. The second-order valence-corrected chi connectivity index (χ2v) is 8.33. The molecule has 11 heteroatoms. The third kappa shape index (κ3) is 3.73. The minimum absolute atomic E-state index is 0.205. The zero-order valence-electron chi connectivity index (χ0n) is 18.6. The first-order valence-corrected chi connectivity index (χ1v) is 11.0. The molecule has 0 unspecified atom stereocenters. The largest absolute Gasteiger partial charge is 0.449 e. The molecule has 5 aromatic rings. The van der Waals surface area contributed by atoms with E-state index in [1.54, 1.807) is 18.5 Å². The monoisotopic (exact) mass is 476 g/mol. The Morgan fingerprint density at radius 1 is 0.971 bits per heavy atom. The summed E-state index contributed by atoms with van der Waals surface area (Å²) in [7, 11) is 0. The molecule has 8 nitrogen and oxygen atoms in total. The summed E-state index contributed by atoms with van der Waals surface area (Å²) in [5.74, 6) is -0.889. The molecule has 6 rings (SSSR count). The van der Waals surface area contributed by atoms with Gasteiger partial charge >= 0.3 is 6.18 Å². The number of alkyl halides is 3. The molecule has 0 bridgehead atoms. The maximum atomic E-state index is 13.6. The molecule has 1 aliphatic heterocycles. The van der Waals surface area contributed by atoms with Gasteiger partial charge in [0, 0.05) is 48.8 Å². The molecular formula is C24H19F3N8. The van der Waals surface area contributed by atoms with Crippen LogP contribution < -0.4 is 5.32 Å². The smallest absolute Gasteiger partial charge is 0.321 e. The predicted octanol–water partition coefficient (Wildman–Crippen LogP) is 4.38. The lowest BCUT2D eigenvalue weighted by atomic mass is 10.1. The van der Waals surface area contributed by atoms with Crippen LogP contribution in [0.5, 0.6) is 0 Å². The van der Waals surface area contributed by atoms with E-state index in [9.17, 15) is 13.2 Å². The van der Waals surface area contributed by atoms with Crippen LogP contribution in [0, 0.1) is 6.92 Å². The predicted molar refractivity (Wildman–Crippen MR) is 123 cm³/mol. The highest BCUT2D eigenvalue weighted by atomic mass is 19.4. The van der Waals surface area contributed by atoms with E-state index < -0.39 is 12.0 Å². The van der Waals surface area contributed by atoms with E-state index in [0.29, 0.717) is 52.5 Å². The van der Waals surface area contributed by atoms with Gasteiger partial charge in [-0.25, -0.2) is 9.97 Å². The first-order valence-electron chi connectivity index (χ1n) is 11.0. The Hall–Kier alpha value is -4.12. The van der Waals surface area contributed by atoms with Gasteiger partial charge in [0.2, 0.25) is 5.82 Å². The van der Waals surface area contributed by atoms with Crippen molar-refractivity contribution in [3.63, 3.8) is 0 Å². The van der Waals surface area contributed by atoms with Crippen LogP contribution >= 0.6 is 0 Å². The summed E-state index contributed by atoms with van der Waals surface area (Å²) in [6.07, 6.45) is -1.25. The van der Waals surface area contributed by atoms with Gasteiger partial charge < -0.3 is 9.88 Å². The maximum absolute atomic E-state index is 13.6. The molecule has 35 heavy (non-hydrogen) atoms. The number of halogens is 3. The van der Waals surface area contributed by atoms with Gasteiger partial charge in [0.15, 0.2) is 0 Å². The summed E-state index contributed by atoms with van der Waals surface area (Å²) in [4.78, 5) is 17.7. The zero-order valence-corrected chi connectivity index (χ0v) is 18.6. The van der Waals surface area contributed by atoms with Crippen molar-refractivity contribution in [3.05, 3.63) is 66.0 Å². The number of hydrogen-bond acceptors (Lipinski definition) is 6. The first kappa shape index (κ1) is 21.4. The van der Waals surface area contributed by atoms with Crippen molar-refractivity contribution in [1.29, 1.82) is 0 Å². The molecule has 2 N–H and O–H groups in total. The van der Waals surface area contributed by atoms with Crippen LogP contribution in [0.4, 0.5) is 13.2 Å². The number of aromatic amines is 1. The van der Waals surface area contributed by atoms with E-state index in [4.69, 9.17) is 4.98 Å². The number of fused-ring (bicyclic) bond motifs is 2. The molecular weight excluding hydrogens is 457 g/mol. The van der Waals surface area contributed by atoms with E-state index in [1.165, 1.54) is 4.57 Å². The van der Waals surface area contributed by atoms with Crippen molar-refractivity contribution in [2.24, 2.45) is 0 Å². The van der Waals surface area contributed by atoms with Crippen LogP contribution in [-0.4, -0.2) is 41.2 Å². The number of hydrogen-bond donors (Lipinski definition) is 2. The number of aryl methyl sites for hydroxylation is 1. The van der Waals surface area contributed by atoms with Crippen LogP contribution in [0.25, 0.3) is 44.9 Å². The molecule has 0 saturated carbocycles. The lowest BCUT2D eigenvalue weighted by Crippen LogP contribution is -2.30. The van der Waals surface area contributed by atoms with Gasteiger partial charge in [0.25, 0.3) is 0 Å². The van der Waals surface area contributed by atoms with Gasteiger partial charge in [0.05, 0.1) is 33.8 Å². The standard InChI is InChI=1S/C24H19F3N8/c1-13-3-2-4-18(31-13)22-15(11-30-34-22)16-5-6-17-19(32-16)9-14(10-29-17)21-20-12-28-7-8-35(20)23(33-21)24(25,26)27/h2-6,9-11,28H,7-8,12H2,1H3,(H,30,34). The second-order valence-electron chi connectivity index (χ2n) is 8.33. The fraction of sp³-hybridized carbons (Fsp3) is 0.208. The second kappa shape index (κ2) is 7.98. The maximum Gasteiger partial charge on any atom is 0.449 e. The molecule has 0 aromatic carbocycles.